The van der Waals surface area contributed by atoms with Crippen LogP contribution in [0.3, 0.4) is 0 Å². The molecule has 17 heavy (non-hydrogen) atoms. The average molecular weight is 318 g/mol. The van der Waals surface area contributed by atoms with Gasteiger partial charge in [-0.25, -0.2) is 0 Å². The first-order valence-corrected chi connectivity index (χ1v) is 7.93. The summed E-state index contributed by atoms with van der Waals surface area (Å²) in [7, 11) is 2.21. The van der Waals surface area contributed by atoms with E-state index in [-0.39, 0.29) is 6.10 Å². The zero-order chi connectivity index (χ0) is 12.3. The van der Waals surface area contributed by atoms with Gasteiger partial charge in [0.05, 0.1) is 6.10 Å². The minimum absolute atomic E-state index is 0.0482. The lowest BCUT2D eigenvalue weighted by atomic mass is 9.92. The number of hydrogen-bond donors (Lipinski definition) is 1. The van der Waals surface area contributed by atoms with Gasteiger partial charge in [-0.3, -0.25) is 0 Å². The molecular formula is C13H20BrNOS. The number of rotatable bonds is 4. The first-order chi connectivity index (χ1) is 8.15. The lowest BCUT2D eigenvalue weighted by Crippen LogP contribution is -2.37. The molecule has 2 rings (SSSR count). The minimum Gasteiger partial charge on any atom is -0.393 e. The highest BCUT2D eigenvalue weighted by atomic mass is 79.9. The maximum atomic E-state index is 9.50. The fraction of sp³-hybridized carbons (Fsp3) is 0.692. The molecule has 1 aliphatic carbocycles. The van der Waals surface area contributed by atoms with Gasteiger partial charge in [0.1, 0.15) is 0 Å². The molecule has 0 aliphatic heterocycles. The number of likely N-dealkylation sites (N-methyl/N-ethyl adjacent to an activating group) is 1. The number of thiophene rings is 1. The Hall–Kier alpha value is 0.1000. The van der Waals surface area contributed by atoms with Crippen LogP contribution in [0.4, 0.5) is 0 Å². The Bertz CT molecular complexity index is 347. The Morgan fingerprint density at radius 1 is 1.41 bits per heavy atom. The lowest BCUT2D eigenvalue weighted by Gasteiger charge is -2.33. The summed E-state index contributed by atoms with van der Waals surface area (Å²) in [5.41, 5.74) is 0. The normalized spacial score (nSPS) is 25.4. The number of aliphatic hydroxyl groups excluding tert-OH is 1. The monoisotopic (exact) mass is 317 g/mol. The van der Waals surface area contributed by atoms with Gasteiger partial charge in [0.25, 0.3) is 0 Å². The van der Waals surface area contributed by atoms with Gasteiger partial charge in [0.15, 0.2) is 0 Å². The van der Waals surface area contributed by atoms with Crippen LogP contribution in [0.2, 0.25) is 0 Å². The second-order valence-electron chi connectivity index (χ2n) is 4.92. The molecule has 0 spiro atoms. The molecule has 1 N–H and O–H groups in total. The van der Waals surface area contributed by atoms with Crippen LogP contribution in [0.25, 0.3) is 0 Å². The number of nitrogens with zero attached hydrogens (tertiary/aromatic N) is 1. The first kappa shape index (κ1) is 13.5. The summed E-state index contributed by atoms with van der Waals surface area (Å²) in [5, 5.41) is 11.6. The maximum absolute atomic E-state index is 9.50. The van der Waals surface area contributed by atoms with Gasteiger partial charge in [0, 0.05) is 27.3 Å². The van der Waals surface area contributed by atoms with E-state index in [9.17, 15) is 5.11 Å². The van der Waals surface area contributed by atoms with Crippen LogP contribution in [-0.2, 0) is 6.42 Å². The number of hydrogen-bond acceptors (Lipinski definition) is 3. The number of halogens is 1. The summed E-state index contributed by atoms with van der Waals surface area (Å²) in [6.45, 7) is 1.12. The van der Waals surface area contributed by atoms with Gasteiger partial charge in [-0.15, -0.1) is 11.3 Å². The highest BCUT2D eigenvalue weighted by Gasteiger charge is 2.22. The zero-order valence-electron chi connectivity index (χ0n) is 10.2. The van der Waals surface area contributed by atoms with Crippen LogP contribution < -0.4 is 0 Å². The average Bonchev–Trinajstić information content (AvgIpc) is 2.73. The van der Waals surface area contributed by atoms with E-state index in [0.29, 0.717) is 6.04 Å². The van der Waals surface area contributed by atoms with Crippen molar-refractivity contribution in [2.45, 2.75) is 44.2 Å². The quantitative estimate of drug-likeness (QED) is 0.921. The highest BCUT2D eigenvalue weighted by molar-refractivity contribution is 9.10. The fourth-order valence-corrected chi connectivity index (χ4v) is 3.90. The maximum Gasteiger partial charge on any atom is 0.0541 e. The predicted molar refractivity (Wildman–Crippen MR) is 76.6 cm³/mol. The Balaban J connectivity index is 1.75. The molecular weight excluding hydrogens is 298 g/mol. The van der Waals surface area contributed by atoms with Gasteiger partial charge < -0.3 is 10.0 Å². The standard InChI is InChI=1S/C13H20BrNOS/c1-15(11-2-4-12(16)5-3-11)7-6-13-8-10(14)9-17-13/h8-9,11-12,16H,2-7H2,1H3. The summed E-state index contributed by atoms with van der Waals surface area (Å²) in [4.78, 5) is 3.90. The summed E-state index contributed by atoms with van der Waals surface area (Å²) >= 11 is 5.32. The molecule has 1 aromatic heterocycles. The molecule has 2 nitrogen and oxygen atoms in total. The Morgan fingerprint density at radius 3 is 2.71 bits per heavy atom. The zero-order valence-corrected chi connectivity index (χ0v) is 12.6. The third-order valence-electron chi connectivity index (χ3n) is 3.62. The molecule has 0 radical (unpaired) electrons. The topological polar surface area (TPSA) is 23.5 Å². The largest absolute Gasteiger partial charge is 0.393 e. The Kier molecular flexibility index (Phi) is 5.03. The van der Waals surface area contributed by atoms with E-state index in [4.69, 9.17) is 0 Å². The fourth-order valence-electron chi connectivity index (χ4n) is 2.45. The van der Waals surface area contributed by atoms with Crippen molar-refractivity contribution < 1.29 is 5.11 Å². The van der Waals surface area contributed by atoms with E-state index in [2.05, 4.69) is 39.3 Å². The SMILES string of the molecule is CN(CCc1cc(Br)cs1)C1CCC(O)CC1. The molecule has 0 saturated heterocycles. The summed E-state index contributed by atoms with van der Waals surface area (Å²) < 4.78 is 1.20. The number of aliphatic hydroxyl groups is 1. The van der Waals surface area contributed by atoms with Crippen LogP contribution >= 0.6 is 27.3 Å². The molecule has 96 valence electrons. The van der Waals surface area contributed by atoms with Crippen molar-refractivity contribution in [3.8, 4) is 0 Å². The Labute approximate surface area is 116 Å². The van der Waals surface area contributed by atoms with Crippen molar-refractivity contribution in [2.75, 3.05) is 13.6 Å². The third-order valence-corrected chi connectivity index (χ3v) is 5.38. The molecule has 1 aliphatic rings. The molecule has 0 amide bonds. The van der Waals surface area contributed by atoms with Crippen LogP contribution in [0.15, 0.2) is 15.9 Å². The highest BCUT2D eigenvalue weighted by Crippen LogP contribution is 2.24. The van der Waals surface area contributed by atoms with E-state index >= 15 is 0 Å². The molecule has 0 atom stereocenters. The molecule has 1 saturated carbocycles. The van der Waals surface area contributed by atoms with Crippen LogP contribution in [-0.4, -0.2) is 35.7 Å². The molecule has 1 aromatic rings. The van der Waals surface area contributed by atoms with Gasteiger partial charge in [0.2, 0.25) is 0 Å². The van der Waals surface area contributed by atoms with E-state index in [1.54, 1.807) is 0 Å². The molecule has 0 unspecified atom stereocenters. The van der Waals surface area contributed by atoms with Gasteiger partial charge in [-0.05, 0) is 61.1 Å². The second kappa shape index (κ2) is 6.32. The molecule has 1 heterocycles. The van der Waals surface area contributed by atoms with Gasteiger partial charge in [-0.2, -0.15) is 0 Å². The Morgan fingerprint density at radius 2 is 2.12 bits per heavy atom. The van der Waals surface area contributed by atoms with Crippen LogP contribution in [0.5, 0.6) is 0 Å². The summed E-state index contributed by atoms with van der Waals surface area (Å²) in [6, 6.07) is 2.88. The molecule has 4 heteroatoms. The minimum atomic E-state index is -0.0482. The van der Waals surface area contributed by atoms with Gasteiger partial charge in [-0.1, -0.05) is 0 Å². The van der Waals surface area contributed by atoms with E-state index < -0.39 is 0 Å². The predicted octanol–water partition coefficient (Wildman–Crippen LogP) is 3.29. The smallest absolute Gasteiger partial charge is 0.0541 e. The van der Waals surface area contributed by atoms with Crippen molar-refractivity contribution in [1.29, 1.82) is 0 Å². The van der Waals surface area contributed by atoms with E-state index in [1.165, 1.54) is 9.35 Å². The van der Waals surface area contributed by atoms with Crippen molar-refractivity contribution in [2.24, 2.45) is 0 Å². The van der Waals surface area contributed by atoms with Crippen molar-refractivity contribution in [1.82, 2.24) is 4.90 Å². The van der Waals surface area contributed by atoms with Crippen molar-refractivity contribution in [3.63, 3.8) is 0 Å². The summed E-state index contributed by atoms with van der Waals surface area (Å²) in [6.07, 6.45) is 5.32. The van der Waals surface area contributed by atoms with E-state index in [0.717, 1.165) is 38.6 Å². The van der Waals surface area contributed by atoms with Crippen molar-refractivity contribution in [3.05, 3.63) is 20.8 Å². The molecule has 0 aromatic carbocycles. The summed E-state index contributed by atoms with van der Waals surface area (Å²) in [5.74, 6) is 0. The lowest BCUT2D eigenvalue weighted by molar-refractivity contribution is 0.0847. The molecule has 1 fully saturated rings. The first-order valence-electron chi connectivity index (χ1n) is 6.26. The third kappa shape index (κ3) is 4.05. The molecule has 0 bridgehead atoms. The van der Waals surface area contributed by atoms with Crippen LogP contribution in [0, 0.1) is 0 Å². The van der Waals surface area contributed by atoms with Crippen LogP contribution in [0.1, 0.15) is 30.6 Å². The van der Waals surface area contributed by atoms with Crippen molar-refractivity contribution >= 4 is 27.3 Å². The second-order valence-corrected chi connectivity index (χ2v) is 6.84. The van der Waals surface area contributed by atoms with E-state index in [1.807, 2.05) is 11.3 Å². The van der Waals surface area contributed by atoms with Gasteiger partial charge >= 0.3 is 0 Å².